The van der Waals surface area contributed by atoms with Crippen LogP contribution in [0.3, 0.4) is 0 Å². The zero-order valence-corrected chi connectivity index (χ0v) is 9.75. The molecule has 5 heteroatoms. The number of hydrogen-bond donors (Lipinski definition) is 2. The van der Waals surface area contributed by atoms with Gasteiger partial charge in [-0.2, -0.15) is 0 Å². The first-order valence-corrected chi connectivity index (χ1v) is 5.37. The molecular weight excluding hydrogens is 230 g/mol. The highest BCUT2D eigenvalue weighted by Crippen LogP contribution is 2.21. The Morgan fingerprint density at radius 3 is 2.94 bits per heavy atom. The number of phenolic OH excluding ortho intramolecular Hbond substituents is 1. The highest BCUT2D eigenvalue weighted by Gasteiger charge is 2.10. The number of amides is 1. The zero-order chi connectivity index (χ0) is 12.0. The van der Waals surface area contributed by atoms with Crippen molar-refractivity contribution in [1.29, 1.82) is 0 Å². The SMILES string of the molecule is CCOCCNC(=O)c1ccc(Cl)cc1O. The lowest BCUT2D eigenvalue weighted by molar-refractivity contribution is 0.0920. The molecule has 0 heterocycles. The minimum Gasteiger partial charge on any atom is -0.507 e. The molecule has 4 nitrogen and oxygen atoms in total. The van der Waals surface area contributed by atoms with Gasteiger partial charge in [-0.3, -0.25) is 4.79 Å². The van der Waals surface area contributed by atoms with Crippen molar-refractivity contribution in [1.82, 2.24) is 5.32 Å². The van der Waals surface area contributed by atoms with Gasteiger partial charge in [0.25, 0.3) is 5.91 Å². The molecule has 0 aliphatic rings. The summed E-state index contributed by atoms with van der Waals surface area (Å²) in [5.74, 6) is -0.463. The van der Waals surface area contributed by atoms with Crippen LogP contribution in [-0.2, 0) is 4.74 Å². The highest BCUT2D eigenvalue weighted by atomic mass is 35.5. The fourth-order valence-corrected chi connectivity index (χ4v) is 1.34. The molecule has 16 heavy (non-hydrogen) atoms. The Bertz CT molecular complexity index is 368. The Labute approximate surface area is 99.2 Å². The first-order valence-electron chi connectivity index (χ1n) is 4.99. The maximum absolute atomic E-state index is 11.6. The second-order valence-electron chi connectivity index (χ2n) is 3.11. The summed E-state index contributed by atoms with van der Waals surface area (Å²) in [5.41, 5.74) is 0.209. The van der Waals surface area contributed by atoms with Crippen LogP contribution in [-0.4, -0.2) is 30.8 Å². The van der Waals surface area contributed by atoms with Gasteiger partial charge in [0.15, 0.2) is 0 Å². The monoisotopic (exact) mass is 243 g/mol. The van der Waals surface area contributed by atoms with E-state index < -0.39 is 0 Å². The van der Waals surface area contributed by atoms with Crippen LogP contribution in [0.15, 0.2) is 18.2 Å². The number of halogens is 1. The van der Waals surface area contributed by atoms with Crippen molar-refractivity contribution in [3.63, 3.8) is 0 Å². The van der Waals surface area contributed by atoms with Crippen LogP contribution in [0.5, 0.6) is 5.75 Å². The first kappa shape index (κ1) is 12.8. The lowest BCUT2D eigenvalue weighted by Gasteiger charge is -2.06. The third-order valence-corrected chi connectivity index (χ3v) is 2.18. The Kier molecular flexibility index (Phi) is 5.08. The molecule has 0 bridgehead atoms. The van der Waals surface area contributed by atoms with Gasteiger partial charge in [0.2, 0.25) is 0 Å². The van der Waals surface area contributed by atoms with E-state index >= 15 is 0 Å². The summed E-state index contributed by atoms with van der Waals surface area (Å²) >= 11 is 5.66. The Hall–Kier alpha value is -1.26. The van der Waals surface area contributed by atoms with E-state index in [-0.39, 0.29) is 17.2 Å². The molecule has 0 fully saturated rings. The topological polar surface area (TPSA) is 58.6 Å². The van der Waals surface area contributed by atoms with Crippen molar-refractivity contribution in [2.45, 2.75) is 6.92 Å². The third-order valence-electron chi connectivity index (χ3n) is 1.94. The molecule has 0 saturated carbocycles. The zero-order valence-electron chi connectivity index (χ0n) is 9.00. The van der Waals surface area contributed by atoms with Crippen molar-refractivity contribution in [2.75, 3.05) is 19.8 Å². The Morgan fingerprint density at radius 1 is 1.56 bits per heavy atom. The van der Waals surface area contributed by atoms with E-state index in [1.54, 1.807) is 6.07 Å². The second kappa shape index (κ2) is 6.35. The number of ether oxygens (including phenoxy) is 1. The maximum Gasteiger partial charge on any atom is 0.255 e. The molecule has 0 aliphatic heterocycles. The number of aromatic hydroxyl groups is 1. The fourth-order valence-electron chi connectivity index (χ4n) is 1.17. The number of carbonyl (C=O) groups excluding carboxylic acids is 1. The standard InChI is InChI=1S/C11H14ClNO3/c1-2-16-6-5-13-11(15)9-4-3-8(12)7-10(9)14/h3-4,7,14H,2,5-6H2,1H3,(H,13,15). The van der Waals surface area contributed by atoms with Crippen LogP contribution in [0.25, 0.3) is 0 Å². The predicted octanol–water partition coefficient (Wildman–Crippen LogP) is 1.81. The van der Waals surface area contributed by atoms with Crippen LogP contribution in [0, 0.1) is 0 Å². The van der Waals surface area contributed by atoms with Gasteiger partial charge in [0, 0.05) is 18.2 Å². The predicted molar refractivity (Wildman–Crippen MR) is 61.9 cm³/mol. The lowest BCUT2D eigenvalue weighted by atomic mass is 10.2. The van der Waals surface area contributed by atoms with Crippen LogP contribution in [0.4, 0.5) is 0 Å². The minimum atomic E-state index is -0.339. The molecule has 0 unspecified atom stereocenters. The summed E-state index contributed by atoms with van der Waals surface area (Å²) in [6.07, 6.45) is 0. The Morgan fingerprint density at radius 2 is 2.31 bits per heavy atom. The van der Waals surface area contributed by atoms with E-state index in [0.717, 1.165) is 0 Å². The molecule has 1 rings (SSSR count). The molecule has 0 aliphatic carbocycles. The van der Waals surface area contributed by atoms with Gasteiger partial charge >= 0.3 is 0 Å². The number of phenols is 1. The van der Waals surface area contributed by atoms with Crippen LogP contribution < -0.4 is 5.32 Å². The Balaban J connectivity index is 2.53. The van der Waals surface area contributed by atoms with Crippen LogP contribution in [0.2, 0.25) is 5.02 Å². The molecule has 0 spiro atoms. The van der Waals surface area contributed by atoms with Gasteiger partial charge in [0.1, 0.15) is 5.75 Å². The van der Waals surface area contributed by atoms with Crippen molar-refractivity contribution in [3.05, 3.63) is 28.8 Å². The molecule has 0 radical (unpaired) electrons. The maximum atomic E-state index is 11.6. The molecule has 0 aromatic heterocycles. The largest absolute Gasteiger partial charge is 0.507 e. The van der Waals surface area contributed by atoms with Gasteiger partial charge in [-0.25, -0.2) is 0 Å². The molecular formula is C11H14ClNO3. The van der Waals surface area contributed by atoms with Crippen molar-refractivity contribution < 1.29 is 14.6 Å². The highest BCUT2D eigenvalue weighted by molar-refractivity contribution is 6.30. The molecule has 1 aromatic carbocycles. The number of nitrogens with one attached hydrogen (secondary N) is 1. The molecule has 2 N–H and O–H groups in total. The first-order chi connectivity index (χ1) is 7.65. The van der Waals surface area contributed by atoms with Gasteiger partial charge in [0.05, 0.1) is 12.2 Å². The van der Waals surface area contributed by atoms with E-state index in [1.807, 2.05) is 6.92 Å². The van der Waals surface area contributed by atoms with E-state index in [0.29, 0.717) is 24.8 Å². The van der Waals surface area contributed by atoms with Crippen LogP contribution in [0.1, 0.15) is 17.3 Å². The number of hydrogen-bond acceptors (Lipinski definition) is 3. The number of carbonyl (C=O) groups is 1. The summed E-state index contributed by atoms with van der Waals surface area (Å²) in [6, 6.07) is 4.37. The van der Waals surface area contributed by atoms with Crippen LogP contribution >= 0.6 is 11.6 Å². The average Bonchev–Trinajstić information content (AvgIpc) is 2.24. The molecule has 1 aromatic rings. The van der Waals surface area contributed by atoms with E-state index in [4.69, 9.17) is 16.3 Å². The average molecular weight is 244 g/mol. The summed E-state index contributed by atoms with van der Waals surface area (Å²) in [5, 5.41) is 12.5. The summed E-state index contributed by atoms with van der Waals surface area (Å²) in [6.45, 7) is 3.36. The summed E-state index contributed by atoms with van der Waals surface area (Å²) in [7, 11) is 0. The fraction of sp³-hybridized carbons (Fsp3) is 0.364. The molecule has 0 saturated heterocycles. The molecule has 88 valence electrons. The molecule has 0 atom stereocenters. The van der Waals surface area contributed by atoms with Crippen molar-refractivity contribution in [2.24, 2.45) is 0 Å². The van der Waals surface area contributed by atoms with Gasteiger partial charge in [-0.1, -0.05) is 11.6 Å². The van der Waals surface area contributed by atoms with Crippen molar-refractivity contribution >= 4 is 17.5 Å². The van der Waals surface area contributed by atoms with E-state index in [2.05, 4.69) is 5.32 Å². The summed E-state index contributed by atoms with van der Waals surface area (Å²) in [4.78, 5) is 11.6. The smallest absolute Gasteiger partial charge is 0.255 e. The summed E-state index contributed by atoms with van der Waals surface area (Å²) < 4.78 is 5.07. The van der Waals surface area contributed by atoms with Gasteiger partial charge in [-0.05, 0) is 25.1 Å². The van der Waals surface area contributed by atoms with E-state index in [9.17, 15) is 9.90 Å². The molecule has 1 amide bonds. The number of rotatable bonds is 5. The second-order valence-corrected chi connectivity index (χ2v) is 3.55. The van der Waals surface area contributed by atoms with Gasteiger partial charge in [-0.15, -0.1) is 0 Å². The van der Waals surface area contributed by atoms with Crippen molar-refractivity contribution in [3.8, 4) is 5.75 Å². The van der Waals surface area contributed by atoms with E-state index in [1.165, 1.54) is 12.1 Å². The third kappa shape index (κ3) is 3.72. The quantitative estimate of drug-likeness (QED) is 0.776. The lowest BCUT2D eigenvalue weighted by Crippen LogP contribution is -2.27. The number of benzene rings is 1. The van der Waals surface area contributed by atoms with Gasteiger partial charge < -0.3 is 15.2 Å². The normalized spacial score (nSPS) is 10.1. The minimum absolute atomic E-state index is 0.124.